The van der Waals surface area contributed by atoms with E-state index in [1.54, 1.807) is 29.2 Å². The molecule has 5 rings (SSSR count). The van der Waals surface area contributed by atoms with E-state index < -0.39 is 18.0 Å². The second kappa shape index (κ2) is 10.1. The highest BCUT2D eigenvalue weighted by Crippen LogP contribution is 2.70. The van der Waals surface area contributed by atoms with E-state index in [-0.39, 0.29) is 41.0 Å². The molecule has 3 aliphatic rings. The van der Waals surface area contributed by atoms with Crippen LogP contribution in [-0.2, 0) is 6.18 Å². The fraction of sp³-hybridized carbons (Fsp3) is 0.655. The van der Waals surface area contributed by atoms with Crippen LogP contribution in [-0.4, -0.2) is 50.8 Å². The molecule has 1 aromatic heterocycles. The smallest absolute Gasteiger partial charge is 0.387 e. The largest absolute Gasteiger partial charge is 0.433 e. The number of alkyl halides is 3. The number of halogens is 4. The van der Waals surface area contributed by atoms with Crippen LogP contribution < -0.4 is 5.32 Å². The first kappa shape index (κ1) is 28.4. The Morgan fingerprint density at radius 1 is 1.26 bits per heavy atom. The second-order valence-electron chi connectivity index (χ2n) is 12.4. The quantitative estimate of drug-likeness (QED) is 0.266. The Kier molecular flexibility index (Phi) is 7.34. The molecule has 4 unspecified atom stereocenters. The fourth-order valence-electron chi connectivity index (χ4n) is 7.62. The SMILES string of the molecule is CNC12CC(N(CC(O)c3ccccc3Cl)C(=N)c3cnn(C4CCC(C)CC4)c3C(F)(F)F)CC1C2(C)C. The van der Waals surface area contributed by atoms with Gasteiger partial charge < -0.3 is 15.3 Å². The number of aliphatic hydroxyl groups is 1. The second-order valence-corrected chi connectivity index (χ2v) is 12.8. The van der Waals surface area contributed by atoms with Gasteiger partial charge in [0.15, 0.2) is 5.69 Å². The highest BCUT2D eigenvalue weighted by molar-refractivity contribution is 6.31. The van der Waals surface area contributed by atoms with Crippen LogP contribution in [0.3, 0.4) is 0 Å². The average Bonchev–Trinajstić information content (AvgIpc) is 3.31. The van der Waals surface area contributed by atoms with Gasteiger partial charge >= 0.3 is 6.18 Å². The van der Waals surface area contributed by atoms with Gasteiger partial charge in [-0.05, 0) is 68.9 Å². The number of aliphatic hydroxyl groups excluding tert-OH is 1. The molecular weight excluding hydrogens is 527 g/mol. The number of fused-ring (bicyclic) bond motifs is 1. The summed E-state index contributed by atoms with van der Waals surface area (Å²) < 4.78 is 44.9. The number of hydrogen-bond acceptors (Lipinski definition) is 4. The molecule has 0 saturated heterocycles. The molecule has 214 valence electrons. The zero-order valence-electron chi connectivity index (χ0n) is 23.0. The molecule has 0 amide bonds. The van der Waals surface area contributed by atoms with Gasteiger partial charge in [0.05, 0.1) is 23.9 Å². The molecular formula is C29H39ClF3N5O. The molecule has 4 atom stereocenters. The number of hydrogen-bond donors (Lipinski definition) is 3. The van der Waals surface area contributed by atoms with Gasteiger partial charge in [0.1, 0.15) is 5.84 Å². The standard InChI is InChI=1S/C29H39ClF3N5O/c1-17-9-11-18(12-10-17)38-25(29(31,32)33)21(15-36-38)26(34)37(16-23(39)20-7-5-6-8-22(20)30)19-13-24-27(2,3)28(24,14-19)35-4/h5-8,15,17-19,23-24,34-35,39H,9-14,16H2,1-4H3. The summed E-state index contributed by atoms with van der Waals surface area (Å²) in [7, 11) is 1.93. The van der Waals surface area contributed by atoms with Gasteiger partial charge in [-0.2, -0.15) is 18.3 Å². The zero-order chi connectivity index (χ0) is 28.3. The predicted molar refractivity (Wildman–Crippen MR) is 146 cm³/mol. The number of nitrogens with one attached hydrogen (secondary N) is 2. The molecule has 3 aliphatic carbocycles. The third kappa shape index (κ3) is 4.78. The Morgan fingerprint density at radius 2 is 1.92 bits per heavy atom. The molecule has 2 aromatic rings. The molecule has 0 aliphatic heterocycles. The monoisotopic (exact) mass is 565 g/mol. The van der Waals surface area contributed by atoms with Crippen LogP contribution >= 0.6 is 11.6 Å². The van der Waals surface area contributed by atoms with E-state index in [0.717, 1.165) is 23.9 Å². The molecule has 0 bridgehead atoms. The van der Waals surface area contributed by atoms with Gasteiger partial charge in [-0.3, -0.25) is 10.1 Å². The van der Waals surface area contributed by atoms with Crippen molar-refractivity contribution in [2.45, 2.75) is 89.2 Å². The summed E-state index contributed by atoms with van der Waals surface area (Å²) in [4.78, 5) is 1.66. The van der Waals surface area contributed by atoms with Crippen molar-refractivity contribution in [3.8, 4) is 0 Å². The first-order valence-electron chi connectivity index (χ1n) is 13.9. The Morgan fingerprint density at radius 3 is 2.51 bits per heavy atom. The predicted octanol–water partition coefficient (Wildman–Crippen LogP) is 6.44. The lowest BCUT2D eigenvalue weighted by Crippen LogP contribution is -2.46. The maximum absolute atomic E-state index is 14.6. The van der Waals surface area contributed by atoms with E-state index in [1.807, 2.05) is 7.05 Å². The molecule has 0 radical (unpaired) electrons. The first-order chi connectivity index (χ1) is 18.3. The highest BCUT2D eigenvalue weighted by Gasteiger charge is 2.74. The molecule has 3 saturated carbocycles. The Bertz CT molecular complexity index is 1220. The number of nitrogens with zero attached hydrogens (tertiary/aromatic N) is 3. The minimum absolute atomic E-state index is 0.0381. The van der Waals surface area contributed by atoms with Crippen LogP contribution in [0.2, 0.25) is 5.02 Å². The normalized spacial score (nSPS) is 30.6. The number of aromatic nitrogens is 2. The van der Waals surface area contributed by atoms with Gasteiger partial charge in [-0.15, -0.1) is 0 Å². The molecule has 39 heavy (non-hydrogen) atoms. The topological polar surface area (TPSA) is 77.2 Å². The summed E-state index contributed by atoms with van der Waals surface area (Å²) in [5, 5.41) is 28.4. The van der Waals surface area contributed by atoms with Crippen LogP contribution in [0.5, 0.6) is 0 Å². The first-order valence-corrected chi connectivity index (χ1v) is 14.3. The van der Waals surface area contributed by atoms with Crippen LogP contribution in [0.4, 0.5) is 13.2 Å². The third-order valence-electron chi connectivity index (χ3n) is 10.1. The summed E-state index contributed by atoms with van der Waals surface area (Å²) in [6.07, 6.45) is -0.150. The molecule has 3 fully saturated rings. The van der Waals surface area contributed by atoms with Crippen molar-refractivity contribution in [2.75, 3.05) is 13.6 Å². The van der Waals surface area contributed by atoms with Crippen molar-refractivity contribution in [1.82, 2.24) is 20.0 Å². The van der Waals surface area contributed by atoms with E-state index in [0.29, 0.717) is 41.7 Å². The van der Waals surface area contributed by atoms with Crippen LogP contribution in [0.15, 0.2) is 30.5 Å². The highest BCUT2D eigenvalue weighted by atomic mass is 35.5. The summed E-state index contributed by atoms with van der Waals surface area (Å²) in [6.45, 7) is 6.49. The molecule has 1 aromatic carbocycles. The van der Waals surface area contributed by atoms with Gasteiger partial charge in [-0.1, -0.05) is 50.6 Å². The number of amidine groups is 1. The Balaban J connectivity index is 1.50. The Labute approximate surface area is 233 Å². The van der Waals surface area contributed by atoms with Gasteiger partial charge in [-0.25, -0.2) is 0 Å². The number of rotatable bonds is 7. The minimum Gasteiger partial charge on any atom is -0.387 e. The lowest BCUT2D eigenvalue weighted by Gasteiger charge is -2.37. The summed E-state index contributed by atoms with van der Waals surface area (Å²) >= 11 is 6.35. The zero-order valence-corrected chi connectivity index (χ0v) is 23.8. The van der Waals surface area contributed by atoms with E-state index in [9.17, 15) is 18.3 Å². The summed E-state index contributed by atoms with van der Waals surface area (Å²) in [6, 6.07) is 6.37. The molecule has 10 heteroatoms. The van der Waals surface area contributed by atoms with E-state index in [2.05, 4.69) is 31.2 Å². The fourth-order valence-corrected chi connectivity index (χ4v) is 7.88. The van der Waals surface area contributed by atoms with Crippen molar-refractivity contribution < 1.29 is 18.3 Å². The van der Waals surface area contributed by atoms with Gasteiger partial charge in [0.2, 0.25) is 0 Å². The average molecular weight is 566 g/mol. The van der Waals surface area contributed by atoms with E-state index in [1.165, 1.54) is 6.20 Å². The van der Waals surface area contributed by atoms with Crippen molar-refractivity contribution >= 4 is 17.4 Å². The van der Waals surface area contributed by atoms with Crippen molar-refractivity contribution in [1.29, 1.82) is 5.41 Å². The minimum atomic E-state index is -4.67. The lowest BCUT2D eigenvalue weighted by atomic mass is 9.87. The number of benzene rings is 1. The summed E-state index contributed by atoms with van der Waals surface area (Å²) in [5.74, 6) is 0.573. The van der Waals surface area contributed by atoms with Crippen LogP contribution in [0.1, 0.15) is 88.3 Å². The third-order valence-corrected chi connectivity index (χ3v) is 10.4. The molecule has 3 N–H and O–H groups in total. The molecule has 0 spiro atoms. The van der Waals surface area contributed by atoms with Crippen molar-refractivity contribution in [3.63, 3.8) is 0 Å². The molecule has 6 nitrogen and oxygen atoms in total. The van der Waals surface area contributed by atoms with Gasteiger partial charge in [0, 0.05) is 28.7 Å². The maximum atomic E-state index is 14.6. The Hall–Kier alpha value is -2.10. The van der Waals surface area contributed by atoms with Crippen molar-refractivity contribution in [2.24, 2.45) is 17.3 Å². The van der Waals surface area contributed by atoms with E-state index >= 15 is 0 Å². The lowest BCUT2D eigenvalue weighted by molar-refractivity contribution is -0.145. The van der Waals surface area contributed by atoms with Crippen LogP contribution in [0.25, 0.3) is 0 Å². The maximum Gasteiger partial charge on any atom is 0.433 e. The van der Waals surface area contributed by atoms with E-state index in [4.69, 9.17) is 17.0 Å². The molecule has 1 heterocycles. The van der Waals surface area contributed by atoms with Gasteiger partial charge in [0.25, 0.3) is 0 Å². The van der Waals surface area contributed by atoms with Crippen molar-refractivity contribution in [3.05, 3.63) is 52.3 Å². The summed E-state index contributed by atoms with van der Waals surface area (Å²) in [5.41, 5.74) is -0.677. The van der Waals surface area contributed by atoms with Crippen LogP contribution in [0, 0.1) is 22.7 Å².